The van der Waals surface area contributed by atoms with Gasteiger partial charge in [0.25, 0.3) is 0 Å². The van der Waals surface area contributed by atoms with E-state index in [2.05, 4.69) is 0 Å². The van der Waals surface area contributed by atoms with Gasteiger partial charge in [-0.25, -0.2) is 4.39 Å². The molecular formula is C16H21FN2O3. The third-order valence-corrected chi connectivity index (χ3v) is 4.08. The van der Waals surface area contributed by atoms with E-state index in [0.717, 1.165) is 0 Å². The lowest BCUT2D eigenvalue weighted by molar-refractivity contribution is -0.144. The van der Waals surface area contributed by atoms with Crippen LogP contribution in [0.2, 0.25) is 0 Å². The fourth-order valence-corrected chi connectivity index (χ4v) is 2.79. The van der Waals surface area contributed by atoms with Crippen molar-refractivity contribution in [2.75, 3.05) is 26.2 Å². The Hall–Kier alpha value is -1.95. The maximum Gasteiger partial charge on any atom is 0.320 e. The largest absolute Gasteiger partial charge is 0.480 e. The van der Waals surface area contributed by atoms with E-state index in [0.29, 0.717) is 38.2 Å². The molecule has 1 N–H and O–H groups in total. The van der Waals surface area contributed by atoms with Gasteiger partial charge in [-0.05, 0) is 18.1 Å². The number of hydrogen-bond acceptors (Lipinski definition) is 3. The molecule has 22 heavy (non-hydrogen) atoms. The second kappa shape index (κ2) is 7.35. The van der Waals surface area contributed by atoms with Gasteiger partial charge in [-0.2, -0.15) is 0 Å². The zero-order valence-corrected chi connectivity index (χ0v) is 12.7. The highest BCUT2D eigenvalue weighted by Crippen LogP contribution is 2.13. The molecule has 1 fully saturated rings. The highest BCUT2D eigenvalue weighted by molar-refractivity contribution is 5.79. The van der Waals surface area contributed by atoms with Gasteiger partial charge in [0.2, 0.25) is 5.91 Å². The SMILES string of the molecule is CC[C@@H](C(=O)O)N1CCN(C(=O)Cc2ccccc2F)CC1. The molecule has 6 heteroatoms. The van der Waals surface area contributed by atoms with Crippen molar-refractivity contribution in [3.63, 3.8) is 0 Å². The molecule has 1 heterocycles. The number of piperazine rings is 1. The summed E-state index contributed by atoms with van der Waals surface area (Å²) in [5, 5.41) is 9.16. The van der Waals surface area contributed by atoms with Crippen LogP contribution in [0.3, 0.4) is 0 Å². The lowest BCUT2D eigenvalue weighted by Gasteiger charge is -2.37. The van der Waals surface area contributed by atoms with Crippen molar-refractivity contribution in [3.8, 4) is 0 Å². The molecular weight excluding hydrogens is 287 g/mol. The molecule has 1 aliphatic rings. The van der Waals surface area contributed by atoms with E-state index in [-0.39, 0.29) is 18.1 Å². The number of carboxylic acid groups (broad SMARTS) is 1. The summed E-state index contributed by atoms with van der Waals surface area (Å²) in [5.74, 6) is -1.31. The minimum Gasteiger partial charge on any atom is -0.480 e. The van der Waals surface area contributed by atoms with Crippen molar-refractivity contribution in [1.82, 2.24) is 9.80 Å². The third kappa shape index (κ3) is 3.82. The minimum absolute atomic E-state index is 0.0445. The summed E-state index contributed by atoms with van der Waals surface area (Å²) in [6.45, 7) is 3.88. The molecule has 0 bridgehead atoms. The molecule has 120 valence electrons. The molecule has 1 atom stereocenters. The number of carbonyl (C=O) groups excluding carboxylic acids is 1. The van der Waals surface area contributed by atoms with Crippen molar-refractivity contribution in [1.29, 1.82) is 0 Å². The van der Waals surface area contributed by atoms with E-state index in [1.54, 1.807) is 23.1 Å². The molecule has 1 saturated heterocycles. The van der Waals surface area contributed by atoms with Gasteiger partial charge in [0.15, 0.2) is 0 Å². The summed E-state index contributed by atoms with van der Waals surface area (Å²) in [5.41, 5.74) is 0.395. The van der Waals surface area contributed by atoms with Gasteiger partial charge in [-0.1, -0.05) is 25.1 Å². The van der Waals surface area contributed by atoms with Crippen molar-refractivity contribution < 1.29 is 19.1 Å². The van der Waals surface area contributed by atoms with Gasteiger partial charge in [0.1, 0.15) is 11.9 Å². The fraction of sp³-hybridized carbons (Fsp3) is 0.500. The summed E-state index contributed by atoms with van der Waals surface area (Å²) in [7, 11) is 0. The average Bonchev–Trinajstić information content (AvgIpc) is 2.50. The van der Waals surface area contributed by atoms with Crippen molar-refractivity contribution in [3.05, 3.63) is 35.6 Å². The van der Waals surface area contributed by atoms with Crippen molar-refractivity contribution >= 4 is 11.9 Å². The number of hydrogen-bond donors (Lipinski definition) is 1. The zero-order valence-electron chi connectivity index (χ0n) is 12.7. The van der Waals surface area contributed by atoms with Gasteiger partial charge in [-0.15, -0.1) is 0 Å². The van der Waals surface area contributed by atoms with Gasteiger partial charge in [-0.3, -0.25) is 14.5 Å². The van der Waals surface area contributed by atoms with E-state index in [9.17, 15) is 14.0 Å². The fourth-order valence-electron chi connectivity index (χ4n) is 2.79. The Morgan fingerprint density at radius 2 is 1.86 bits per heavy atom. The molecule has 0 saturated carbocycles. The first-order valence-electron chi connectivity index (χ1n) is 7.51. The van der Waals surface area contributed by atoms with Gasteiger partial charge >= 0.3 is 5.97 Å². The minimum atomic E-state index is -0.825. The van der Waals surface area contributed by atoms with Gasteiger partial charge in [0.05, 0.1) is 6.42 Å². The number of benzene rings is 1. The lowest BCUT2D eigenvalue weighted by atomic mass is 10.1. The molecule has 0 spiro atoms. The Morgan fingerprint density at radius 3 is 2.41 bits per heavy atom. The number of carbonyl (C=O) groups is 2. The maximum atomic E-state index is 13.6. The predicted octanol–water partition coefficient (Wildman–Crippen LogP) is 1.38. The van der Waals surface area contributed by atoms with Crippen LogP contribution in [0, 0.1) is 5.82 Å². The first kappa shape index (κ1) is 16.4. The van der Waals surface area contributed by atoms with Crippen LogP contribution in [-0.4, -0.2) is 59.0 Å². The summed E-state index contributed by atoms with van der Waals surface area (Å²) >= 11 is 0. The molecule has 0 aromatic heterocycles. The molecule has 0 radical (unpaired) electrons. The third-order valence-electron chi connectivity index (χ3n) is 4.08. The van der Waals surface area contributed by atoms with Crippen LogP contribution in [0.25, 0.3) is 0 Å². The number of carboxylic acids is 1. The molecule has 1 aromatic rings. The summed E-state index contributed by atoms with van der Waals surface area (Å²) < 4.78 is 13.6. The van der Waals surface area contributed by atoms with Crippen molar-refractivity contribution in [2.45, 2.75) is 25.8 Å². The summed E-state index contributed by atoms with van der Waals surface area (Å²) in [4.78, 5) is 26.9. The number of nitrogens with zero attached hydrogens (tertiary/aromatic N) is 2. The Balaban J connectivity index is 1.90. The Bertz CT molecular complexity index is 542. The van der Waals surface area contributed by atoms with Gasteiger partial charge < -0.3 is 10.0 Å². The normalized spacial score (nSPS) is 17.3. The Labute approximate surface area is 129 Å². The molecule has 0 unspecified atom stereocenters. The van der Waals surface area contributed by atoms with Crippen LogP contribution in [0.4, 0.5) is 4.39 Å². The highest BCUT2D eigenvalue weighted by atomic mass is 19.1. The molecule has 1 amide bonds. The molecule has 0 aliphatic carbocycles. The van der Waals surface area contributed by atoms with Crippen LogP contribution in [0.1, 0.15) is 18.9 Å². The Kier molecular flexibility index (Phi) is 5.49. The zero-order chi connectivity index (χ0) is 16.1. The van der Waals surface area contributed by atoms with Crippen LogP contribution in [0.5, 0.6) is 0 Å². The van der Waals surface area contributed by atoms with Crippen LogP contribution < -0.4 is 0 Å². The Morgan fingerprint density at radius 1 is 1.23 bits per heavy atom. The first-order chi connectivity index (χ1) is 10.5. The molecule has 1 aromatic carbocycles. The molecule has 5 nitrogen and oxygen atoms in total. The van der Waals surface area contributed by atoms with E-state index in [1.807, 2.05) is 11.8 Å². The monoisotopic (exact) mass is 308 g/mol. The number of aliphatic carboxylic acids is 1. The summed E-state index contributed by atoms with van der Waals surface area (Å²) in [6.07, 6.45) is 0.585. The second-order valence-electron chi connectivity index (χ2n) is 5.45. The van der Waals surface area contributed by atoms with E-state index < -0.39 is 12.0 Å². The highest BCUT2D eigenvalue weighted by Gasteiger charge is 2.29. The number of rotatable bonds is 5. The molecule has 1 aliphatic heterocycles. The van der Waals surface area contributed by atoms with E-state index >= 15 is 0 Å². The summed E-state index contributed by atoms with van der Waals surface area (Å²) in [6, 6.07) is 5.77. The maximum absolute atomic E-state index is 13.6. The van der Waals surface area contributed by atoms with Crippen molar-refractivity contribution in [2.24, 2.45) is 0 Å². The quantitative estimate of drug-likeness (QED) is 0.892. The smallest absolute Gasteiger partial charge is 0.320 e. The average molecular weight is 308 g/mol. The standard InChI is InChI=1S/C16H21FN2O3/c1-2-14(16(21)22)18-7-9-19(10-8-18)15(20)11-12-5-3-4-6-13(12)17/h3-6,14H,2,7-11H2,1H3,(H,21,22)/t14-/m0/s1. The molecule has 2 rings (SSSR count). The predicted molar refractivity (Wildman–Crippen MR) is 80.0 cm³/mol. The first-order valence-corrected chi connectivity index (χ1v) is 7.51. The number of amides is 1. The van der Waals surface area contributed by atoms with E-state index in [4.69, 9.17) is 5.11 Å². The lowest BCUT2D eigenvalue weighted by Crippen LogP contribution is -2.54. The van der Waals surface area contributed by atoms with Crippen LogP contribution >= 0.6 is 0 Å². The van der Waals surface area contributed by atoms with Gasteiger partial charge in [0, 0.05) is 26.2 Å². The topological polar surface area (TPSA) is 60.9 Å². The second-order valence-corrected chi connectivity index (χ2v) is 5.45. The van der Waals surface area contributed by atoms with E-state index in [1.165, 1.54) is 6.07 Å². The van der Waals surface area contributed by atoms with Crippen LogP contribution in [0.15, 0.2) is 24.3 Å². The van der Waals surface area contributed by atoms with Crippen LogP contribution in [-0.2, 0) is 16.0 Å². The number of halogens is 1.